The molecule has 46 heavy (non-hydrogen) atoms. The standard InChI is InChI=1S/C17H13F24N3O2/c1-44(2,46)5-3-4-42-6(45)7(18,12(27,28)29)15(36,37)43(16(38,39)10(23,24)8(19,20)13(30,31)32)17(40,41)11(25,26)9(21,22)14(33,34)35/h3-5H2,1-2H3,(H,42,45). The van der Waals surface area contributed by atoms with Crippen molar-refractivity contribution in [2.75, 3.05) is 27.2 Å². The van der Waals surface area contributed by atoms with Gasteiger partial charge in [0.2, 0.25) is 0 Å². The minimum absolute atomic E-state index is 0.242. The maximum absolute atomic E-state index is 14.9. The van der Waals surface area contributed by atoms with E-state index in [1.54, 1.807) is 0 Å². The van der Waals surface area contributed by atoms with Gasteiger partial charge in [-0.2, -0.15) is 101 Å². The summed E-state index contributed by atoms with van der Waals surface area (Å²) < 4.78 is 323. The summed E-state index contributed by atoms with van der Waals surface area (Å²) in [5.74, 6) is -40.9. The summed E-state index contributed by atoms with van der Waals surface area (Å²) in [7, 11) is 1.39. The third-order valence-corrected chi connectivity index (χ3v) is 5.38. The van der Waals surface area contributed by atoms with Gasteiger partial charge in [0.15, 0.2) is 0 Å². The molecule has 0 aliphatic heterocycles. The first-order chi connectivity index (χ1) is 19.5. The molecule has 0 saturated carbocycles. The van der Waals surface area contributed by atoms with Gasteiger partial charge in [-0.05, 0) is 0 Å². The quantitative estimate of drug-likeness (QED) is 0.0721. The lowest BCUT2D eigenvalue weighted by Crippen LogP contribution is -2.82. The molecule has 1 unspecified atom stereocenters. The molecule has 1 N–H and O–H groups in total. The highest BCUT2D eigenvalue weighted by molar-refractivity contribution is 5.87. The van der Waals surface area contributed by atoms with Crippen LogP contribution in [0.25, 0.3) is 0 Å². The number of quaternary nitrogens is 1. The molecule has 0 radical (unpaired) electrons. The lowest BCUT2D eigenvalue weighted by molar-refractivity contribution is -0.840. The Morgan fingerprint density at radius 1 is 0.543 bits per heavy atom. The average molecular weight is 747 g/mol. The third kappa shape index (κ3) is 6.67. The fourth-order valence-electron chi connectivity index (χ4n) is 2.92. The van der Waals surface area contributed by atoms with Crippen LogP contribution in [0.1, 0.15) is 6.42 Å². The number of hydroxylamine groups is 3. The monoisotopic (exact) mass is 747 g/mol. The van der Waals surface area contributed by atoms with Gasteiger partial charge in [0, 0.05) is 13.0 Å². The van der Waals surface area contributed by atoms with Crippen LogP contribution in [0.2, 0.25) is 0 Å². The van der Waals surface area contributed by atoms with Crippen LogP contribution in [0.4, 0.5) is 105 Å². The third-order valence-electron chi connectivity index (χ3n) is 5.38. The molecule has 5 nitrogen and oxygen atoms in total. The number of halogens is 24. The molecule has 0 aliphatic carbocycles. The van der Waals surface area contributed by atoms with E-state index >= 15 is 0 Å². The van der Waals surface area contributed by atoms with E-state index in [1.807, 2.05) is 0 Å². The van der Waals surface area contributed by atoms with E-state index in [-0.39, 0.29) is 5.32 Å². The highest BCUT2D eigenvalue weighted by atomic mass is 19.4. The van der Waals surface area contributed by atoms with Gasteiger partial charge in [-0.1, -0.05) is 0 Å². The molecule has 0 rings (SSSR count). The number of nitrogens with zero attached hydrogens (tertiary/aromatic N) is 2. The Kier molecular flexibility index (Phi) is 11.1. The number of hydrogen-bond donors (Lipinski definition) is 1. The molecular weight excluding hydrogens is 734 g/mol. The van der Waals surface area contributed by atoms with Gasteiger partial charge in [-0.25, -0.2) is 4.39 Å². The van der Waals surface area contributed by atoms with Crippen molar-refractivity contribution >= 4 is 5.91 Å². The number of carbonyl (C=O) groups is 1. The normalized spacial score (nSPS) is 17.3. The van der Waals surface area contributed by atoms with Crippen LogP contribution < -0.4 is 5.32 Å². The molecule has 0 saturated heterocycles. The second-order valence-electron chi connectivity index (χ2n) is 9.32. The van der Waals surface area contributed by atoms with Gasteiger partial charge in [-0.15, -0.1) is 4.90 Å². The lowest BCUT2D eigenvalue weighted by atomic mass is 9.95. The van der Waals surface area contributed by atoms with Crippen LogP contribution in [-0.4, -0.2) is 109 Å². The highest BCUT2D eigenvalue weighted by Gasteiger charge is 2.95. The van der Waals surface area contributed by atoms with Gasteiger partial charge in [0.05, 0.1) is 20.6 Å². The topological polar surface area (TPSA) is 55.4 Å². The van der Waals surface area contributed by atoms with Crippen molar-refractivity contribution in [3.05, 3.63) is 5.21 Å². The molecule has 0 aromatic carbocycles. The summed E-state index contributed by atoms with van der Waals surface area (Å²) in [5, 5.41) is 11.6. The molecule has 0 aliphatic rings. The summed E-state index contributed by atoms with van der Waals surface area (Å²) in [4.78, 5) is 5.98. The second kappa shape index (κ2) is 11.7. The first-order valence-electron chi connectivity index (χ1n) is 10.7. The van der Waals surface area contributed by atoms with Crippen molar-refractivity contribution in [2.45, 2.75) is 72.4 Å². The number of rotatable bonds is 13. The van der Waals surface area contributed by atoms with Crippen LogP contribution >= 0.6 is 0 Å². The fourth-order valence-corrected chi connectivity index (χ4v) is 2.92. The number of carbonyl (C=O) groups excluding carboxylic acids is 1. The largest absolute Gasteiger partial charge is 0.633 e. The van der Waals surface area contributed by atoms with E-state index < -0.39 is 101 Å². The van der Waals surface area contributed by atoms with Crippen LogP contribution in [0.5, 0.6) is 0 Å². The Bertz CT molecular complexity index is 1040. The molecule has 276 valence electrons. The smallest absolute Gasteiger partial charge is 0.460 e. The van der Waals surface area contributed by atoms with E-state index in [0.717, 1.165) is 0 Å². The van der Waals surface area contributed by atoms with Crippen molar-refractivity contribution in [2.24, 2.45) is 0 Å². The number of amides is 1. The zero-order valence-electron chi connectivity index (χ0n) is 21.4. The van der Waals surface area contributed by atoms with Gasteiger partial charge >= 0.3 is 66.0 Å². The highest BCUT2D eigenvalue weighted by Crippen LogP contribution is 2.64. The molecule has 0 spiro atoms. The van der Waals surface area contributed by atoms with Crippen molar-refractivity contribution in [1.29, 1.82) is 0 Å². The Hall–Kier alpha value is -2.33. The molecule has 0 aromatic heterocycles. The van der Waals surface area contributed by atoms with Crippen LogP contribution in [0.15, 0.2) is 0 Å². The Morgan fingerprint density at radius 2 is 0.848 bits per heavy atom. The van der Waals surface area contributed by atoms with E-state index in [0.29, 0.717) is 14.1 Å². The number of nitrogens with one attached hydrogen (secondary N) is 1. The predicted octanol–water partition coefficient (Wildman–Crippen LogP) is 7.08. The van der Waals surface area contributed by atoms with Crippen LogP contribution in [-0.2, 0) is 4.79 Å². The van der Waals surface area contributed by atoms with E-state index in [1.165, 1.54) is 0 Å². The molecule has 0 bridgehead atoms. The minimum atomic E-state index is -9.60. The molecule has 1 amide bonds. The number of alkyl halides is 24. The van der Waals surface area contributed by atoms with E-state index in [9.17, 15) is 115 Å². The minimum Gasteiger partial charge on any atom is -0.633 e. The second-order valence-corrected chi connectivity index (χ2v) is 9.32. The first-order valence-corrected chi connectivity index (χ1v) is 10.7. The van der Waals surface area contributed by atoms with Gasteiger partial charge in [0.25, 0.3) is 5.91 Å². The Morgan fingerprint density at radius 3 is 1.09 bits per heavy atom. The summed E-state index contributed by atoms with van der Waals surface area (Å²) in [6, 6.07) is -28.5. The van der Waals surface area contributed by atoms with Crippen LogP contribution in [0.3, 0.4) is 0 Å². The summed E-state index contributed by atoms with van der Waals surface area (Å²) in [6.07, 6.45) is -26.1. The Balaban J connectivity index is 8.12. The molecule has 0 fully saturated rings. The maximum atomic E-state index is 14.9. The molecule has 29 heteroatoms. The average Bonchev–Trinajstić information content (AvgIpc) is 2.76. The Labute approximate surface area is 237 Å². The van der Waals surface area contributed by atoms with Crippen LogP contribution in [0, 0.1) is 5.21 Å². The van der Waals surface area contributed by atoms with Gasteiger partial charge < -0.3 is 15.2 Å². The summed E-state index contributed by atoms with van der Waals surface area (Å²) in [5.41, 5.74) is -8.32. The number of hydrogen-bond acceptors (Lipinski definition) is 3. The first kappa shape index (κ1) is 43.7. The van der Waals surface area contributed by atoms with Crippen molar-refractivity contribution < 1.29 is 115 Å². The molecular formula is C17H13F24N3O2. The summed E-state index contributed by atoms with van der Waals surface area (Å²) in [6.45, 7) is -2.74. The lowest BCUT2D eigenvalue weighted by Gasteiger charge is -2.50. The van der Waals surface area contributed by atoms with Crippen molar-refractivity contribution in [3.63, 3.8) is 0 Å². The van der Waals surface area contributed by atoms with E-state index in [2.05, 4.69) is 0 Å². The predicted molar refractivity (Wildman–Crippen MR) is 96.4 cm³/mol. The zero-order valence-corrected chi connectivity index (χ0v) is 21.4. The fraction of sp³-hybridized carbons (Fsp3) is 0.941. The van der Waals surface area contributed by atoms with Gasteiger partial charge in [0.1, 0.15) is 0 Å². The zero-order chi connectivity index (χ0) is 38.0. The molecule has 0 aromatic rings. The van der Waals surface area contributed by atoms with Crippen molar-refractivity contribution in [3.8, 4) is 0 Å². The van der Waals surface area contributed by atoms with Gasteiger partial charge in [-0.3, -0.25) is 4.79 Å². The molecule has 0 heterocycles. The summed E-state index contributed by atoms with van der Waals surface area (Å²) >= 11 is 0. The molecule has 1 atom stereocenters. The van der Waals surface area contributed by atoms with Crippen molar-refractivity contribution in [1.82, 2.24) is 10.2 Å². The van der Waals surface area contributed by atoms with E-state index in [4.69, 9.17) is 0 Å². The maximum Gasteiger partial charge on any atom is 0.460 e. The SMILES string of the molecule is C[N+](C)([O-])CCCNC(=O)C(F)(C(F)(F)F)C(F)(F)N(C(F)(F)C(F)(F)C(F)(F)C(F)(F)F)C(F)(F)C(F)(F)C(F)(F)C(F)(F)F.